The van der Waals surface area contributed by atoms with E-state index in [0.29, 0.717) is 5.57 Å². The molecule has 1 rings (SSSR count). The summed E-state index contributed by atoms with van der Waals surface area (Å²) in [4.78, 5) is 10.2. The second kappa shape index (κ2) is 3.40. The third kappa shape index (κ3) is 1.59. The van der Waals surface area contributed by atoms with Gasteiger partial charge < -0.3 is 5.11 Å². The molecule has 0 fully saturated rings. The van der Waals surface area contributed by atoms with Crippen molar-refractivity contribution in [3.05, 3.63) is 36.0 Å². The fourth-order valence-corrected chi connectivity index (χ4v) is 0.666. The van der Waals surface area contributed by atoms with Gasteiger partial charge in [0.15, 0.2) is 0 Å². The average Bonchev–Trinajstić information content (AvgIpc) is 2.13. The van der Waals surface area contributed by atoms with Crippen molar-refractivity contribution in [2.75, 3.05) is 0 Å². The van der Waals surface area contributed by atoms with E-state index in [1.807, 2.05) is 0 Å². The largest absolute Gasteiger partial charge is 0.478 e. The molecule has 0 spiro atoms. The van der Waals surface area contributed by atoms with Gasteiger partial charge in [0.2, 0.25) is 0 Å². The third-order valence-electron chi connectivity index (χ3n) is 1.14. The molecule has 0 radical (unpaired) electrons. The summed E-state index contributed by atoms with van der Waals surface area (Å²) in [5, 5.41) is 8.41. The molecule has 3 heteroatoms. The van der Waals surface area contributed by atoms with Crippen LogP contribution in [0.5, 0.6) is 0 Å². The summed E-state index contributed by atoms with van der Waals surface area (Å²) in [6.45, 7) is 3.52. The van der Waals surface area contributed by atoms with Crippen LogP contribution in [0.3, 0.4) is 0 Å². The van der Waals surface area contributed by atoms with Crippen molar-refractivity contribution in [3.8, 4) is 0 Å². The van der Waals surface area contributed by atoms with E-state index < -0.39 is 5.97 Å². The number of hydrogen-bond donors (Lipinski definition) is 1. The molecule has 0 amide bonds. The SMILES string of the molecule is C=C1C=CC=C1C(=O)O.[Fe]. The molecule has 0 aliphatic heterocycles. The quantitative estimate of drug-likeness (QED) is 0.610. The molecule has 0 saturated carbocycles. The van der Waals surface area contributed by atoms with E-state index in [1.54, 1.807) is 12.2 Å². The molecule has 0 aromatic carbocycles. The van der Waals surface area contributed by atoms with Gasteiger partial charge in [-0.1, -0.05) is 18.7 Å². The first-order valence-electron chi connectivity index (χ1n) is 2.53. The first-order chi connectivity index (χ1) is 4.22. The van der Waals surface area contributed by atoms with E-state index in [2.05, 4.69) is 6.58 Å². The van der Waals surface area contributed by atoms with Gasteiger partial charge >= 0.3 is 5.97 Å². The first-order valence-corrected chi connectivity index (χ1v) is 2.53. The minimum absolute atomic E-state index is 0. The van der Waals surface area contributed by atoms with Gasteiger partial charge in [0.25, 0.3) is 0 Å². The van der Waals surface area contributed by atoms with Crippen LogP contribution < -0.4 is 0 Å². The Morgan fingerprint density at radius 3 is 2.40 bits per heavy atom. The number of carboxylic acid groups (broad SMARTS) is 1. The van der Waals surface area contributed by atoms with Crippen LogP contribution in [-0.2, 0) is 21.9 Å². The van der Waals surface area contributed by atoms with Crippen molar-refractivity contribution in [2.24, 2.45) is 0 Å². The van der Waals surface area contributed by atoms with E-state index in [-0.39, 0.29) is 22.6 Å². The summed E-state index contributed by atoms with van der Waals surface area (Å²) in [6, 6.07) is 0. The van der Waals surface area contributed by atoms with Gasteiger partial charge in [-0.15, -0.1) is 0 Å². The first kappa shape index (κ1) is 9.21. The number of hydrogen-bond acceptors (Lipinski definition) is 1. The smallest absolute Gasteiger partial charge is 0.336 e. The van der Waals surface area contributed by atoms with Gasteiger partial charge in [-0.25, -0.2) is 4.79 Å². The normalized spacial score (nSPS) is 14.4. The molecule has 0 unspecified atom stereocenters. The molecule has 0 heterocycles. The minimum Gasteiger partial charge on any atom is -0.478 e. The monoisotopic (exact) mass is 178 g/mol. The molecular formula is C7H6FeO2. The molecule has 0 atom stereocenters. The Morgan fingerprint density at radius 2 is 2.20 bits per heavy atom. The van der Waals surface area contributed by atoms with E-state index in [0.717, 1.165) is 0 Å². The number of rotatable bonds is 1. The predicted octanol–water partition coefficient (Wildman–Crippen LogP) is 1.12. The summed E-state index contributed by atoms with van der Waals surface area (Å²) < 4.78 is 0. The van der Waals surface area contributed by atoms with Crippen molar-refractivity contribution < 1.29 is 27.0 Å². The Kier molecular flexibility index (Phi) is 3.13. The Hall–Kier alpha value is -0.791. The van der Waals surface area contributed by atoms with Crippen molar-refractivity contribution >= 4 is 5.97 Å². The predicted molar refractivity (Wildman–Crippen MR) is 34.0 cm³/mol. The van der Waals surface area contributed by atoms with Gasteiger partial charge in [0.05, 0.1) is 5.57 Å². The standard InChI is InChI=1S/C7H6O2.Fe/c1-5-3-2-4-6(5)7(8)9;/h2-4H,1H2,(H,8,9);. The van der Waals surface area contributed by atoms with Crippen molar-refractivity contribution in [2.45, 2.75) is 0 Å². The van der Waals surface area contributed by atoms with Crippen LogP contribution in [0.15, 0.2) is 36.0 Å². The van der Waals surface area contributed by atoms with Gasteiger partial charge in [-0.3, -0.25) is 0 Å². The van der Waals surface area contributed by atoms with Crippen LogP contribution in [0, 0.1) is 0 Å². The van der Waals surface area contributed by atoms with Crippen LogP contribution in [-0.4, -0.2) is 11.1 Å². The van der Waals surface area contributed by atoms with Crippen LogP contribution >= 0.6 is 0 Å². The van der Waals surface area contributed by atoms with Crippen molar-refractivity contribution in [3.63, 3.8) is 0 Å². The molecule has 1 aliphatic rings. The van der Waals surface area contributed by atoms with E-state index in [1.165, 1.54) is 6.08 Å². The average molecular weight is 178 g/mol. The summed E-state index contributed by atoms with van der Waals surface area (Å²) in [7, 11) is 0. The molecule has 54 valence electrons. The van der Waals surface area contributed by atoms with Gasteiger partial charge in [0.1, 0.15) is 0 Å². The summed E-state index contributed by atoms with van der Waals surface area (Å²) in [5.74, 6) is -0.912. The summed E-state index contributed by atoms with van der Waals surface area (Å²) in [6.07, 6.45) is 4.87. The second-order valence-electron chi connectivity index (χ2n) is 1.77. The maximum atomic E-state index is 10.2. The fourth-order valence-electron chi connectivity index (χ4n) is 0.666. The summed E-state index contributed by atoms with van der Waals surface area (Å²) in [5.41, 5.74) is 0.859. The number of carbonyl (C=O) groups is 1. The zero-order valence-electron chi connectivity index (χ0n) is 5.15. The minimum atomic E-state index is -0.912. The number of aliphatic carboxylic acids is 1. The third-order valence-corrected chi connectivity index (χ3v) is 1.14. The molecule has 10 heavy (non-hydrogen) atoms. The second-order valence-corrected chi connectivity index (χ2v) is 1.77. The molecule has 0 aromatic heterocycles. The molecule has 2 nitrogen and oxygen atoms in total. The van der Waals surface area contributed by atoms with Crippen LogP contribution in [0.2, 0.25) is 0 Å². The Morgan fingerprint density at radius 1 is 1.60 bits per heavy atom. The van der Waals surface area contributed by atoms with Gasteiger partial charge in [0, 0.05) is 17.1 Å². The van der Waals surface area contributed by atoms with Crippen molar-refractivity contribution in [1.82, 2.24) is 0 Å². The topological polar surface area (TPSA) is 37.3 Å². The van der Waals surface area contributed by atoms with E-state index in [9.17, 15) is 4.79 Å². The molecule has 1 aliphatic carbocycles. The molecule has 0 saturated heterocycles. The van der Waals surface area contributed by atoms with E-state index in [4.69, 9.17) is 5.11 Å². The molecule has 0 bridgehead atoms. The van der Waals surface area contributed by atoms with Crippen LogP contribution in [0.4, 0.5) is 0 Å². The van der Waals surface area contributed by atoms with Crippen LogP contribution in [0.1, 0.15) is 0 Å². The fraction of sp³-hybridized carbons (Fsp3) is 0. The molecule has 0 aromatic rings. The number of allylic oxidation sites excluding steroid dienone is 3. The zero-order valence-corrected chi connectivity index (χ0v) is 6.25. The molecule has 1 N–H and O–H groups in total. The Bertz CT molecular complexity index is 226. The maximum absolute atomic E-state index is 10.2. The van der Waals surface area contributed by atoms with Gasteiger partial charge in [-0.05, 0) is 11.6 Å². The maximum Gasteiger partial charge on any atom is 0.336 e. The van der Waals surface area contributed by atoms with Crippen LogP contribution in [0.25, 0.3) is 0 Å². The Balaban J connectivity index is 0.000000810. The Labute approximate surface area is 69.4 Å². The van der Waals surface area contributed by atoms with Gasteiger partial charge in [-0.2, -0.15) is 0 Å². The van der Waals surface area contributed by atoms with Crippen molar-refractivity contribution in [1.29, 1.82) is 0 Å². The van der Waals surface area contributed by atoms with E-state index >= 15 is 0 Å². The molecular weight excluding hydrogens is 172 g/mol. The number of carboxylic acids is 1. The zero-order chi connectivity index (χ0) is 6.85. The summed E-state index contributed by atoms with van der Waals surface area (Å²) >= 11 is 0.